The van der Waals surface area contributed by atoms with E-state index >= 15 is 0 Å². The van der Waals surface area contributed by atoms with Crippen molar-refractivity contribution in [3.05, 3.63) is 0 Å². The summed E-state index contributed by atoms with van der Waals surface area (Å²) in [5.41, 5.74) is 0. The number of amides is 1. The molecule has 3 atom stereocenters. The average Bonchev–Trinajstić information content (AvgIpc) is 2.86. The third kappa shape index (κ3) is 5.16. The second-order valence-electron chi connectivity index (χ2n) is 4.94. The Kier molecular flexibility index (Phi) is 6.80. The lowest BCUT2D eigenvalue weighted by Gasteiger charge is -2.17. The van der Waals surface area contributed by atoms with E-state index in [2.05, 4.69) is 12.2 Å². The van der Waals surface area contributed by atoms with Crippen LogP contribution < -0.4 is 5.32 Å². The van der Waals surface area contributed by atoms with E-state index in [4.69, 9.17) is 14.9 Å². The highest BCUT2D eigenvalue weighted by Crippen LogP contribution is 2.20. The van der Waals surface area contributed by atoms with Crippen molar-refractivity contribution >= 4 is 11.9 Å². The molecule has 0 aromatic rings. The Labute approximate surface area is 113 Å². The van der Waals surface area contributed by atoms with Crippen LogP contribution in [0.15, 0.2) is 0 Å². The molecular formula is C13H23NO5. The third-order valence-electron chi connectivity index (χ3n) is 3.39. The molecule has 1 fully saturated rings. The van der Waals surface area contributed by atoms with Crippen LogP contribution >= 0.6 is 0 Å². The quantitative estimate of drug-likeness (QED) is 0.599. The molecule has 0 saturated carbocycles. The van der Waals surface area contributed by atoms with Crippen LogP contribution in [-0.4, -0.2) is 47.4 Å². The smallest absolute Gasteiger partial charge is 0.332 e. The fraction of sp³-hybridized carbons (Fsp3) is 0.846. The van der Waals surface area contributed by atoms with Crippen molar-refractivity contribution < 1.29 is 24.5 Å². The molecule has 1 heterocycles. The van der Waals surface area contributed by atoms with Gasteiger partial charge in [-0.05, 0) is 31.6 Å². The van der Waals surface area contributed by atoms with Crippen LogP contribution in [0.2, 0.25) is 0 Å². The van der Waals surface area contributed by atoms with Crippen LogP contribution in [0.5, 0.6) is 0 Å². The van der Waals surface area contributed by atoms with Gasteiger partial charge < -0.3 is 20.3 Å². The minimum Gasteiger partial charge on any atom is -0.479 e. The largest absolute Gasteiger partial charge is 0.479 e. The molecule has 1 aliphatic rings. The van der Waals surface area contributed by atoms with E-state index in [1.165, 1.54) is 0 Å². The van der Waals surface area contributed by atoms with Gasteiger partial charge in [0.25, 0.3) is 0 Å². The summed E-state index contributed by atoms with van der Waals surface area (Å²) in [6, 6.07) is 0. The highest BCUT2D eigenvalue weighted by atomic mass is 16.5. The van der Waals surface area contributed by atoms with Crippen molar-refractivity contribution in [2.75, 3.05) is 13.2 Å². The second kappa shape index (κ2) is 8.12. The van der Waals surface area contributed by atoms with Crippen molar-refractivity contribution in [1.82, 2.24) is 5.32 Å². The predicted octanol–water partition coefficient (Wildman–Crippen LogP) is 0.533. The number of carboxylic acids is 1. The number of nitrogens with one attached hydrogen (secondary N) is 1. The zero-order chi connectivity index (χ0) is 14.3. The Morgan fingerprint density at radius 2 is 2.00 bits per heavy atom. The van der Waals surface area contributed by atoms with Crippen molar-refractivity contribution in [3.63, 3.8) is 0 Å². The summed E-state index contributed by atoms with van der Waals surface area (Å²) in [5.74, 6) is -1.00. The number of hydrogen-bond acceptors (Lipinski definition) is 4. The molecule has 1 rings (SSSR count). The van der Waals surface area contributed by atoms with Crippen LogP contribution in [-0.2, 0) is 14.3 Å². The molecule has 1 saturated heterocycles. The van der Waals surface area contributed by atoms with E-state index in [1.807, 2.05) is 0 Å². The molecule has 0 aromatic carbocycles. The lowest BCUT2D eigenvalue weighted by Crippen LogP contribution is -2.38. The van der Waals surface area contributed by atoms with Gasteiger partial charge in [-0.25, -0.2) is 4.79 Å². The van der Waals surface area contributed by atoms with Crippen molar-refractivity contribution in [3.8, 4) is 0 Å². The fourth-order valence-electron chi connectivity index (χ4n) is 2.31. The average molecular weight is 273 g/mol. The van der Waals surface area contributed by atoms with Gasteiger partial charge in [-0.2, -0.15) is 0 Å². The maximum absolute atomic E-state index is 11.8. The first-order valence-electron chi connectivity index (χ1n) is 6.85. The maximum Gasteiger partial charge on any atom is 0.332 e. The molecule has 0 radical (unpaired) electrons. The van der Waals surface area contributed by atoms with Gasteiger partial charge in [-0.1, -0.05) is 13.3 Å². The fourth-order valence-corrected chi connectivity index (χ4v) is 2.31. The number of rotatable bonds is 8. The second-order valence-corrected chi connectivity index (χ2v) is 4.94. The lowest BCUT2D eigenvalue weighted by atomic mass is 10.00. The maximum atomic E-state index is 11.8. The van der Waals surface area contributed by atoms with Crippen LogP contribution in [0.1, 0.15) is 39.0 Å². The van der Waals surface area contributed by atoms with Crippen molar-refractivity contribution in [1.29, 1.82) is 0 Å². The Hall–Kier alpha value is -1.14. The zero-order valence-corrected chi connectivity index (χ0v) is 11.3. The molecule has 6 nitrogen and oxygen atoms in total. The summed E-state index contributed by atoms with van der Waals surface area (Å²) in [5, 5.41) is 20.5. The molecule has 0 bridgehead atoms. The Morgan fingerprint density at radius 1 is 1.32 bits per heavy atom. The Balaban J connectivity index is 2.32. The number of aliphatic hydroxyl groups excluding tert-OH is 1. The SMILES string of the molecule is CCCC(CCO)CNC(=O)C1CCC(C(=O)O)O1. The lowest BCUT2D eigenvalue weighted by molar-refractivity contribution is -0.151. The number of carboxylic acid groups (broad SMARTS) is 1. The number of aliphatic carboxylic acids is 1. The van der Waals surface area contributed by atoms with Gasteiger partial charge in [0.1, 0.15) is 6.10 Å². The number of ether oxygens (including phenoxy) is 1. The van der Waals surface area contributed by atoms with Gasteiger partial charge in [0.2, 0.25) is 5.91 Å². The van der Waals surface area contributed by atoms with E-state index in [1.54, 1.807) is 0 Å². The summed E-state index contributed by atoms with van der Waals surface area (Å²) in [4.78, 5) is 22.6. The van der Waals surface area contributed by atoms with E-state index in [0.717, 1.165) is 12.8 Å². The first-order valence-corrected chi connectivity index (χ1v) is 6.85. The summed E-state index contributed by atoms with van der Waals surface area (Å²) in [6.07, 6.45) is 1.92. The first kappa shape index (κ1) is 15.9. The molecule has 6 heteroatoms. The summed E-state index contributed by atoms with van der Waals surface area (Å²) in [6.45, 7) is 2.68. The van der Waals surface area contributed by atoms with Gasteiger partial charge in [0.05, 0.1) is 0 Å². The van der Waals surface area contributed by atoms with Crippen LogP contribution in [0.3, 0.4) is 0 Å². The molecule has 1 aliphatic heterocycles. The summed E-state index contributed by atoms with van der Waals surface area (Å²) in [7, 11) is 0. The predicted molar refractivity (Wildman–Crippen MR) is 68.6 cm³/mol. The van der Waals surface area contributed by atoms with Gasteiger partial charge in [-0.3, -0.25) is 4.79 Å². The topological polar surface area (TPSA) is 95.9 Å². The molecule has 3 N–H and O–H groups in total. The third-order valence-corrected chi connectivity index (χ3v) is 3.39. The van der Waals surface area contributed by atoms with Crippen molar-refractivity contribution in [2.45, 2.75) is 51.2 Å². The van der Waals surface area contributed by atoms with Crippen LogP contribution in [0.25, 0.3) is 0 Å². The number of hydrogen-bond donors (Lipinski definition) is 3. The molecule has 1 amide bonds. The minimum atomic E-state index is -1.01. The van der Waals surface area contributed by atoms with Gasteiger partial charge in [0.15, 0.2) is 6.10 Å². The highest BCUT2D eigenvalue weighted by Gasteiger charge is 2.34. The molecule has 110 valence electrons. The number of carbonyl (C=O) groups is 2. The molecule has 19 heavy (non-hydrogen) atoms. The number of aliphatic hydroxyl groups is 1. The van der Waals surface area contributed by atoms with E-state index < -0.39 is 18.2 Å². The summed E-state index contributed by atoms with van der Waals surface area (Å²) >= 11 is 0. The standard InChI is InChI=1S/C13H23NO5/c1-2-3-9(6-7-15)8-14-12(16)10-4-5-11(19-10)13(17)18/h9-11,15H,2-8H2,1H3,(H,14,16)(H,17,18). The van der Waals surface area contributed by atoms with Crippen LogP contribution in [0, 0.1) is 5.92 Å². The molecule has 0 spiro atoms. The van der Waals surface area contributed by atoms with Gasteiger partial charge in [0, 0.05) is 13.2 Å². The van der Waals surface area contributed by atoms with E-state index in [-0.39, 0.29) is 18.4 Å². The molecule has 0 aromatic heterocycles. The summed E-state index contributed by atoms with van der Waals surface area (Å²) < 4.78 is 5.18. The first-order chi connectivity index (χ1) is 9.08. The minimum absolute atomic E-state index is 0.113. The molecule has 0 aliphatic carbocycles. The highest BCUT2D eigenvalue weighted by molar-refractivity contribution is 5.82. The Morgan fingerprint density at radius 3 is 2.53 bits per heavy atom. The van der Waals surface area contributed by atoms with E-state index in [0.29, 0.717) is 25.8 Å². The monoisotopic (exact) mass is 273 g/mol. The van der Waals surface area contributed by atoms with E-state index in [9.17, 15) is 9.59 Å². The van der Waals surface area contributed by atoms with Gasteiger partial charge in [-0.15, -0.1) is 0 Å². The van der Waals surface area contributed by atoms with Crippen LogP contribution in [0.4, 0.5) is 0 Å². The van der Waals surface area contributed by atoms with Crippen molar-refractivity contribution in [2.24, 2.45) is 5.92 Å². The zero-order valence-electron chi connectivity index (χ0n) is 11.3. The molecular weight excluding hydrogens is 250 g/mol. The normalized spacial score (nSPS) is 24.1. The molecule has 3 unspecified atom stereocenters. The number of carbonyl (C=O) groups excluding carboxylic acids is 1. The van der Waals surface area contributed by atoms with Gasteiger partial charge >= 0.3 is 5.97 Å². The Bertz CT molecular complexity index is 301.